The van der Waals surface area contributed by atoms with E-state index in [4.69, 9.17) is 0 Å². The van der Waals surface area contributed by atoms with Gasteiger partial charge >= 0.3 is 0 Å². The first-order valence-corrected chi connectivity index (χ1v) is 4.82. The minimum Gasteiger partial charge on any atom is -0.0619 e. The van der Waals surface area contributed by atoms with E-state index in [9.17, 15) is 0 Å². The van der Waals surface area contributed by atoms with Crippen LogP contribution in [-0.4, -0.2) is 0 Å². The van der Waals surface area contributed by atoms with Gasteiger partial charge in [-0.2, -0.15) is 0 Å². The number of hydrogen-bond acceptors (Lipinski definition) is 0. The molecule has 1 aromatic rings. The Balaban J connectivity index is 2.43. The van der Waals surface area contributed by atoms with Crippen LogP contribution in [-0.2, 0) is 12.8 Å². The molecule has 0 bridgehead atoms. The lowest BCUT2D eigenvalue weighted by molar-refractivity contribution is 0.628. The Bertz CT molecular complexity index is 278. The minimum atomic E-state index is 0.847. The lowest BCUT2D eigenvalue weighted by Gasteiger charge is -1.96. The fourth-order valence-corrected chi connectivity index (χ4v) is 2.22. The summed E-state index contributed by atoms with van der Waals surface area (Å²) in [6.45, 7) is 2.31. The van der Waals surface area contributed by atoms with Crippen LogP contribution in [0, 0.1) is 5.92 Å². The number of halogens is 1. The molecule has 0 aliphatic heterocycles. The zero-order chi connectivity index (χ0) is 7.84. The summed E-state index contributed by atoms with van der Waals surface area (Å²) in [5.74, 6) is 0.847. The standard InChI is InChI=1S/C10H11Br/c1-7-4-8-2-3-10(11)6-9(8)5-7/h2-3,6-7H,4-5H2,1H3. The molecular weight excluding hydrogens is 200 g/mol. The summed E-state index contributed by atoms with van der Waals surface area (Å²) in [6, 6.07) is 6.62. The van der Waals surface area contributed by atoms with E-state index in [0.29, 0.717) is 0 Å². The molecule has 0 fully saturated rings. The van der Waals surface area contributed by atoms with Crippen LogP contribution >= 0.6 is 15.9 Å². The summed E-state index contributed by atoms with van der Waals surface area (Å²) >= 11 is 3.48. The van der Waals surface area contributed by atoms with Crippen molar-refractivity contribution in [3.05, 3.63) is 33.8 Å². The van der Waals surface area contributed by atoms with Crippen LogP contribution in [0.3, 0.4) is 0 Å². The van der Waals surface area contributed by atoms with Gasteiger partial charge in [-0.25, -0.2) is 0 Å². The predicted octanol–water partition coefficient (Wildman–Crippen LogP) is 3.18. The smallest absolute Gasteiger partial charge is 0.0178 e. The van der Waals surface area contributed by atoms with Gasteiger partial charge in [0.2, 0.25) is 0 Å². The second-order valence-corrected chi connectivity index (χ2v) is 4.34. The third-order valence-electron chi connectivity index (χ3n) is 2.31. The Kier molecular flexibility index (Phi) is 1.76. The fraction of sp³-hybridized carbons (Fsp3) is 0.400. The van der Waals surface area contributed by atoms with Gasteiger partial charge in [0.05, 0.1) is 0 Å². The largest absolute Gasteiger partial charge is 0.0619 e. The van der Waals surface area contributed by atoms with E-state index in [1.165, 1.54) is 22.9 Å². The van der Waals surface area contributed by atoms with Crippen molar-refractivity contribution in [2.24, 2.45) is 5.92 Å². The van der Waals surface area contributed by atoms with Gasteiger partial charge in [-0.3, -0.25) is 0 Å². The van der Waals surface area contributed by atoms with Gasteiger partial charge in [0.1, 0.15) is 0 Å². The van der Waals surface area contributed by atoms with Gasteiger partial charge in [-0.05, 0) is 42.0 Å². The molecule has 2 rings (SSSR count). The molecule has 1 aromatic carbocycles. The Hall–Kier alpha value is -0.300. The fourth-order valence-electron chi connectivity index (χ4n) is 1.81. The molecule has 1 aliphatic rings. The average molecular weight is 211 g/mol. The molecule has 1 heteroatoms. The molecule has 58 valence electrons. The SMILES string of the molecule is CC1Cc2ccc(Br)cc2C1. The molecule has 1 aliphatic carbocycles. The number of fused-ring (bicyclic) bond motifs is 1. The van der Waals surface area contributed by atoms with Crippen molar-refractivity contribution in [3.8, 4) is 0 Å². The second-order valence-electron chi connectivity index (χ2n) is 3.43. The van der Waals surface area contributed by atoms with Crippen molar-refractivity contribution >= 4 is 15.9 Å². The zero-order valence-electron chi connectivity index (χ0n) is 6.60. The molecule has 0 radical (unpaired) electrons. The highest BCUT2D eigenvalue weighted by molar-refractivity contribution is 9.10. The maximum Gasteiger partial charge on any atom is 0.0178 e. The zero-order valence-corrected chi connectivity index (χ0v) is 8.19. The van der Waals surface area contributed by atoms with Crippen molar-refractivity contribution in [2.45, 2.75) is 19.8 Å². The molecule has 0 saturated heterocycles. The van der Waals surface area contributed by atoms with Crippen molar-refractivity contribution in [3.63, 3.8) is 0 Å². The number of benzene rings is 1. The Morgan fingerprint density at radius 1 is 1.27 bits per heavy atom. The van der Waals surface area contributed by atoms with Crippen LogP contribution in [0.1, 0.15) is 18.1 Å². The van der Waals surface area contributed by atoms with Crippen LogP contribution in [0.25, 0.3) is 0 Å². The molecule has 0 saturated carbocycles. The van der Waals surface area contributed by atoms with Crippen LogP contribution in [0.5, 0.6) is 0 Å². The number of hydrogen-bond donors (Lipinski definition) is 0. The lowest BCUT2D eigenvalue weighted by Crippen LogP contribution is -1.89. The third-order valence-corrected chi connectivity index (χ3v) is 2.80. The van der Waals surface area contributed by atoms with Gasteiger partial charge in [0.15, 0.2) is 0 Å². The Labute approximate surface area is 75.8 Å². The van der Waals surface area contributed by atoms with Crippen molar-refractivity contribution < 1.29 is 0 Å². The summed E-state index contributed by atoms with van der Waals surface area (Å²) < 4.78 is 1.21. The van der Waals surface area contributed by atoms with Crippen LogP contribution in [0.2, 0.25) is 0 Å². The van der Waals surface area contributed by atoms with E-state index in [1.807, 2.05) is 0 Å². The van der Waals surface area contributed by atoms with E-state index >= 15 is 0 Å². The third kappa shape index (κ3) is 1.34. The molecule has 0 spiro atoms. The lowest BCUT2D eigenvalue weighted by atomic mass is 10.1. The highest BCUT2D eigenvalue weighted by Gasteiger charge is 2.16. The Morgan fingerprint density at radius 3 is 2.82 bits per heavy atom. The van der Waals surface area contributed by atoms with Gasteiger partial charge in [-0.15, -0.1) is 0 Å². The van der Waals surface area contributed by atoms with Crippen LogP contribution in [0.15, 0.2) is 22.7 Å². The molecule has 0 nitrogen and oxygen atoms in total. The van der Waals surface area contributed by atoms with E-state index in [2.05, 4.69) is 41.1 Å². The average Bonchev–Trinajstić information content (AvgIpc) is 2.27. The first-order valence-electron chi connectivity index (χ1n) is 4.03. The Morgan fingerprint density at radius 2 is 2.00 bits per heavy atom. The quantitative estimate of drug-likeness (QED) is 0.618. The molecule has 1 unspecified atom stereocenters. The highest BCUT2D eigenvalue weighted by Crippen LogP contribution is 2.28. The first kappa shape index (κ1) is 7.35. The second kappa shape index (κ2) is 2.63. The van der Waals surface area contributed by atoms with Crippen molar-refractivity contribution in [1.29, 1.82) is 0 Å². The summed E-state index contributed by atoms with van der Waals surface area (Å²) in [4.78, 5) is 0. The minimum absolute atomic E-state index is 0.847. The highest BCUT2D eigenvalue weighted by atomic mass is 79.9. The summed E-state index contributed by atoms with van der Waals surface area (Å²) in [5.41, 5.74) is 3.08. The number of rotatable bonds is 0. The van der Waals surface area contributed by atoms with E-state index in [-0.39, 0.29) is 0 Å². The monoisotopic (exact) mass is 210 g/mol. The maximum absolute atomic E-state index is 3.48. The maximum atomic E-state index is 3.48. The van der Waals surface area contributed by atoms with Gasteiger partial charge < -0.3 is 0 Å². The summed E-state index contributed by atoms with van der Waals surface area (Å²) in [7, 11) is 0. The normalized spacial score (nSPS) is 21.8. The predicted molar refractivity (Wildman–Crippen MR) is 50.7 cm³/mol. The molecule has 0 amide bonds. The first-order chi connectivity index (χ1) is 5.25. The van der Waals surface area contributed by atoms with E-state index in [1.54, 1.807) is 5.56 Å². The van der Waals surface area contributed by atoms with Gasteiger partial charge in [0, 0.05) is 4.47 Å². The topological polar surface area (TPSA) is 0 Å². The molecular formula is C10H11Br. The van der Waals surface area contributed by atoms with E-state index < -0.39 is 0 Å². The molecule has 0 heterocycles. The van der Waals surface area contributed by atoms with Crippen molar-refractivity contribution in [1.82, 2.24) is 0 Å². The molecule has 11 heavy (non-hydrogen) atoms. The van der Waals surface area contributed by atoms with Crippen LogP contribution in [0.4, 0.5) is 0 Å². The summed E-state index contributed by atoms with van der Waals surface area (Å²) in [6.07, 6.45) is 2.53. The van der Waals surface area contributed by atoms with Crippen LogP contribution < -0.4 is 0 Å². The molecule has 0 aromatic heterocycles. The van der Waals surface area contributed by atoms with E-state index in [0.717, 1.165) is 5.92 Å². The molecule has 0 N–H and O–H groups in total. The van der Waals surface area contributed by atoms with Gasteiger partial charge in [-0.1, -0.05) is 28.9 Å². The summed E-state index contributed by atoms with van der Waals surface area (Å²) in [5, 5.41) is 0. The van der Waals surface area contributed by atoms with Crippen molar-refractivity contribution in [2.75, 3.05) is 0 Å². The van der Waals surface area contributed by atoms with Gasteiger partial charge in [0.25, 0.3) is 0 Å². The molecule has 1 atom stereocenters.